The molecule has 0 aliphatic rings. The molecular formula is C48H30N2. The van der Waals surface area contributed by atoms with Crippen molar-refractivity contribution in [2.75, 3.05) is 0 Å². The van der Waals surface area contributed by atoms with Crippen LogP contribution in [-0.4, -0.2) is 9.13 Å². The number of para-hydroxylation sites is 4. The molecule has 0 aliphatic heterocycles. The van der Waals surface area contributed by atoms with Gasteiger partial charge in [-0.1, -0.05) is 133 Å². The van der Waals surface area contributed by atoms with E-state index in [-0.39, 0.29) is 0 Å². The molecule has 0 saturated carbocycles. The van der Waals surface area contributed by atoms with Gasteiger partial charge in [0.1, 0.15) is 0 Å². The third-order valence-electron chi connectivity index (χ3n) is 10.7. The normalized spacial score (nSPS) is 12.0. The van der Waals surface area contributed by atoms with Crippen molar-refractivity contribution in [2.45, 2.75) is 0 Å². The Morgan fingerprint density at radius 2 is 0.780 bits per heavy atom. The summed E-state index contributed by atoms with van der Waals surface area (Å²) in [6.45, 7) is 0. The van der Waals surface area contributed by atoms with Gasteiger partial charge in [0, 0.05) is 38.5 Å². The van der Waals surface area contributed by atoms with Gasteiger partial charge in [-0.2, -0.15) is 0 Å². The van der Waals surface area contributed by atoms with Crippen LogP contribution in [0.1, 0.15) is 0 Å². The maximum atomic E-state index is 2.44. The van der Waals surface area contributed by atoms with E-state index >= 15 is 0 Å². The van der Waals surface area contributed by atoms with E-state index in [4.69, 9.17) is 0 Å². The molecule has 11 rings (SSSR count). The molecule has 0 amide bonds. The average Bonchev–Trinajstić information content (AvgIpc) is 3.71. The average molecular weight is 635 g/mol. The van der Waals surface area contributed by atoms with Crippen LogP contribution in [0.15, 0.2) is 182 Å². The van der Waals surface area contributed by atoms with Crippen LogP contribution in [0.5, 0.6) is 0 Å². The molecule has 2 heterocycles. The maximum absolute atomic E-state index is 2.44. The first-order valence-corrected chi connectivity index (χ1v) is 17.3. The van der Waals surface area contributed by atoms with Crippen LogP contribution in [-0.2, 0) is 0 Å². The summed E-state index contributed by atoms with van der Waals surface area (Å²) in [7, 11) is 0. The lowest BCUT2D eigenvalue weighted by Gasteiger charge is -2.14. The Hall–Kier alpha value is -6.64. The van der Waals surface area contributed by atoms with E-state index in [2.05, 4.69) is 191 Å². The molecule has 11 aromatic rings. The minimum Gasteiger partial charge on any atom is -0.309 e. The van der Waals surface area contributed by atoms with Crippen LogP contribution in [0, 0.1) is 0 Å². The number of hydrogen-bond acceptors (Lipinski definition) is 0. The molecule has 9 aromatic carbocycles. The van der Waals surface area contributed by atoms with E-state index in [0.717, 1.165) is 0 Å². The number of fused-ring (bicyclic) bond motifs is 12. The predicted molar refractivity (Wildman–Crippen MR) is 213 cm³/mol. The van der Waals surface area contributed by atoms with E-state index in [0.29, 0.717) is 0 Å². The van der Waals surface area contributed by atoms with Crippen molar-refractivity contribution in [3.8, 4) is 22.5 Å². The van der Waals surface area contributed by atoms with Crippen molar-refractivity contribution >= 4 is 75.9 Å². The molecule has 0 unspecified atom stereocenters. The van der Waals surface area contributed by atoms with E-state index in [9.17, 15) is 0 Å². The summed E-state index contributed by atoms with van der Waals surface area (Å²) in [4.78, 5) is 0. The van der Waals surface area contributed by atoms with Crippen LogP contribution in [0.25, 0.3) is 98.4 Å². The highest BCUT2D eigenvalue weighted by Crippen LogP contribution is 2.42. The van der Waals surface area contributed by atoms with Gasteiger partial charge in [-0.3, -0.25) is 0 Å². The molecule has 0 radical (unpaired) electrons. The second-order valence-electron chi connectivity index (χ2n) is 13.3. The topological polar surface area (TPSA) is 9.86 Å². The molecule has 232 valence electrons. The highest BCUT2D eigenvalue weighted by Gasteiger charge is 2.19. The summed E-state index contributed by atoms with van der Waals surface area (Å²) in [5.41, 5.74) is 9.64. The van der Waals surface area contributed by atoms with Crippen molar-refractivity contribution in [3.05, 3.63) is 182 Å². The second kappa shape index (κ2) is 10.4. The molecule has 2 aromatic heterocycles. The molecule has 0 fully saturated rings. The van der Waals surface area contributed by atoms with Crippen molar-refractivity contribution in [3.63, 3.8) is 0 Å². The van der Waals surface area contributed by atoms with E-state index in [1.54, 1.807) is 0 Å². The van der Waals surface area contributed by atoms with Gasteiger partial charge < -0.3 is 9.13 Å². The third kappa shape index (κ3) is 3.79. The first-order valence-electron chi connectivity index (χ1n) is 17.3. The summed E-state index contributed by atoms with van der Waals surface area (Å²) in [5.74, 6) is 0. The largest absolute Gasteiger partial charge is 0.309 e. The van der Waals surface area contributed by atoms with Crippen LogP contribution in [0.4, 0.5) is 0 Å². The van der Waals surface area contributed by atoms with Crippen molar-refractivity contribution in [1.29, 1.82) is 0 Å². The zero-order valence-corrected chi connectivity index (χ0v) is 27.2. The minimum absolute atomic E-state index is 1.17. The maximum Gasteiger partial charge on any atom is 0.0619 e. The fraction of sp³-hybridized carbons (Fsp3) is 0. The van der Waals surface area contributed by atoms with Gasteiger partial charge >= 0.3 is 0 Å². The number of nitrogens with zero attached hydrogens (tertiary/aromatic N) is 2. The van der Waals surface area contributed by atoms with E-state index in [1.807, 2.05) is 0 Å². The Bertz CT molecular complexity index is 3110. The number of hydrogen-bond donors (Lipinski definition) is 0. The quantitative estimate of drug-likeness (QED) is 0.171. The zero-order valence-electron chi connectivity index (χ0n) is 27.2. The fourth-order valence-corrected chi connectivity index (χ4v) is 8.55. The number of benzene rings is 9. The lowest BCUT2D eigenvalue weighted by atomic mass is 9.94. The molecule has 2 nitrogen and oxygen atoms in total. The van der Waals surface area contributed by atoms with Crippen LogP contribution >= 0.6 is 0 Å². The van der Waals surface area contributed by atoms with Crippen LogP contribution in [0.2, 0.25) is 0 Å². The molecule has 0 saturated heterocycles. The van der Waals surface area contributed by atoms with Crippen molar-refractivity contribution < 1.29 is 0 Å². The van der Waals surface area contributed by atoms with Gasteiger partial charge in [-0.05, 0) is 86.4 Å². The highest BCUT2D eigenvalue weighted by molar-refractivity contribution is 6.26. The van der Waals surface area contributed by atoms with Gasteiger partial charge in [0.05, 0.1) is 22.1 Å². The standard InChI is InChI=1S/C48H30N2/c1-2-13-32(14-3-1)50-46-24-11-8-19-40(46)42-22-12-21-34(48(42)50)31-25-28-47-44(29-31)41-20-9-10-23-45(41)49(47)33-26-27-39-37-17-5-4-15-35(37)36-16-6-7-18-38(36)43(39)30-33/h1-30H. The SMILES string of the molecule is c1ccc(-n2c3ccccc3c3cccc(-c4ccc5c(c4)c4ccccc4n5-c4ccc5c6ccccc6c6ccccc6c5c4)c32)cc1. The molecule has 2 heteroatoms. The van der Waals surface area contributed by atoms with Gasteiger partial charge in [0.25, 0.3) is 0 Å². The van der Waals surface area contributed by atoms with Crippen molar-refractivity contribution in [1.82, 2.24) is 9.13 Å². The monoisotopic (exact) mass is 634 g/mol. The molecule has 50 heavy (non-hydrogen) atoms. The summed E-state index contributed by atoms with van der Waals surface area (Å²) >= 11 is 0. The fourth-order valence-electron chi connectivity index (χ4n) is 8.55. The molecule has 0 spiro atoms. The van der Waals surface area contributed by atoms with Gasteiger partial charge in [0.2, 0.25) is 0 Å². The molecule has 0 N–H and O–H groups in total. The Kier molecular flexibility index (Phi) is 5.70. The Morgan fingerprint density at radius 1 is 0.260 bits per heavy atom. The van der Waals surface area contributed by atoms with E-state index in [1.165, 1.54) is 98.4 Å². The Balaban J connectivity index is 1.18. The summed E-state index contributed by atoms with van der Waals surface area (Å²) < 4.78 is 4.87. The third-order valence-corrected chi connectivity index (χ3v) is 10.7. The summed E-state index contributed by atoms with van der Waals surface area (Å²) in [6, 6.07) is 66.7. The molecule has 0 atom stereocenters. The van der Waals surface area contributed by atoms with Crippen LogP contribution < -0.4 is 0 Å². The first-order chi connectivity index (χ1) is 24.8. The van der Waals surface area contributed by atoms with Gasteiger partial charge in [-0.25, -0.2) is 0 Å². The molecule has 0 bridgehead atoms. The minimum atomic E-state index is 1.17. The smallest absolute Gasteiger partial charge is 0.0619 e. The predicted octanol–water partition coefficient (Wildman–Crippen LogP) is 13.0. The highest BCUT2D eigenvalue weighted by atomic mass is 15.0. The van der Waals surface area contributed by atoms with E-state index < -0.39 is 0 Å². The van der Waals surface area contributed by atoms with Crippen LogP contribution in [0.3, 0.4) is 0 Å². The number of rotatable bonds is 3. The Morgan fingerprint density at radius 3 is 1.48 bits per heavy atom. The van der Waals surface area contributed by atoms with Gasteiger partial charge in [0.15, 0.2) is 0 Å². The van der Waals surface area contributed by atoms with Crippen molar-refractivity contribution in [2.24, 2.45) is 0 Å². The second-order valence-corrected chi connectivity index (χ2v) is 13.3. The number of aromatic nitrogens is 2. The summed E-state index contributed by atoms with van der Waals surface area (Å²) in [6.07, 6.45) is 0. The lowest BCUT2D eigenvalue weighted by Crippen LogP contribution is -1.95. The molecular weight excluding hydrogens is 605 g/mol. The Labute approximate surface area is 288 Å². The zero-order chi connectivity index (χ0) is 32.8. The summed E-state index contributed by atoms with van der Waals surface area (Å²) in [5, 5.41) is 12.8. The molecule has 0 aliphatic carbocycles. The van der Waals surface area contributed by atoms with Gasteiger partial charge in [-0.15, -0.1) is 0 Å². The lowest BCUT2D eigenvalue weighted by molar-refractivity contribution is 1.18. The first kappa shape index (κ1) is 27.3.